The van der Waals surface area contributed by atoms with E-state index in [1.165, 1.54) is 18.2 Å². The summed E-state index contributed by atoms with van der Waals surface area (Å²) in [6, 6.07) is 18.2. The highest BCUT2D eigenvalue weighted by molar-refractivity contribution is 6.14. The zero-order chi connectivity index (χ0) is 22.0. The fraction of sp³-hybridized carbons (Fsp3) is 0.154. The fourth-order valence-corrected chi connectivity index (χ4v) is 3.36. The number of esters is 1. The van der Waals surface area contributed by atoms with Crippen LogP contribution in [0.4, 0.5) is 0 Å². The Hall–Kier alpha value is -3.86. The van der Waals surface area contributed by atoms with E-state index in [2.05, 4.69) is 32.0 Å². The van der Waals surface area contributed by atoms with Gasteiger partial charge in [-0.1, -0.05) is 35.9 Å². The summed E-state index contributed by atoms with van der Waals surface area (Å²) in [6.07, 6.45) is 1.65. The third kappa shape index (κ3) is 4.36. The molecule has 5 heteroatoms. The predicted molar refractivity (Wildman–Crippen MR) is 117 cm³/mol. The molecule has 1 heterocycles. The highest BCUT2D eigenvalue weighted by Crippen LogP contribution is 2.35. The molecular formula is C26H22O5. The topological polar surface area (TPSA) is 61.8 Å². The number of hydrogen-bond acceptors (Lipinski definition) is 5. The molecular weight excluding hydrogens is 392 g/mol. The fourth-order valence-electron chi connectivity index (χ4n) is 3.36. The van der Waals surface area contributed by atoms with Crippen LogP contribution in [0.1, 0.15) is 43.0 Å². The lowest BCUT2D eigenvalue weighted by atomic mass is 10.1. The van der Waals surface area contributed by atoms with Crippen LogP contribution >= 0.6 is 0 Å². The van der Waals surface area contributed by atoms with E-state index >= 15 is 0 Å². The first-order valence-corrected chi connectivity index (χ1v) is 9.90. The molecule has 0 spiro atoms. The average molecular weight is 414 g/mol. The van der Waals surface area contributed by atoms with Crippen LogP contribution in [-0.2, 0) is 11.3 Å². The SMILES string of the molecule is COC(=O)c1ccc(C=C2Oc3cc(OCc4cc(C)ccc4C)ccc3C2=O)cc1. The maximum Gasteiger partial charge on any atom is 0.337 e. The average Bonchev–Trinajstić information content (AvgIpc) is 3.09. The molecule has 0 fully saturated rings. The summed E-state index contributed by atoms with van der Waals surface area (Å²) >= 11 is 0. The van der Waals surface area contributed by atoms with E-state index in [1.807, 2.05) is 0 Å². The van der Waals surface area contributed by atoms with Crippen molar-refractivity contribution in [3.63, 3.8) is 0 Å². The van der Waals surface area contributed by atoms with Crippen LogP contribution < -0.4 is 9.47 Å². The normalized spacial score (nSPS) is 13.6. The molecule has 156 valence electrons. The van der Waals surface area contributed by atoms with Crippen LogP contribution in [0.15, 0.2) is 66.4 Å². The molecule has 0 aromatic heterocycles. The van der Waals surface area contributed by atoms with Crippen LogP contribution in [-0.4, -0.2) is 18.9 Å². The first-order chi connectivity index (χ1) is 14.9. The molecule has 1 aliphatic heterocycles. The lowest BCUT2D eigenvalue weighted by molar-refractivity contribution is 0.0600. The zero-order valence-electron chi connectivity index (χ0n) is 17.6. The number of allylic oxidation sites excluding steroid dienone is 1. The second kappa shape index (κ2) is 8.48. The Morgan fingerprint density at radius 2 is 1.77 bits per heavy atom. The van der Waals surface area contributed by atoms with Crippen molar-refractivity contribution in [2.45, 2.75) is 20.5 Å². The van der Waals surface area contributed by atoms with Gasteiger partial charge in [0.25, 0.3) is 0 Å². The number of carbonyl (C=O) groups is 2. The minimum atomic E-state index is -0.409. The lowest BCUT2D eigenvalue weighted by Crippen LogP contribution is -2.01. The molecule has 0 N–H and O–H groups in total. The van der Waals surface area contributed by atoms with Gasteiger partial charge in [0.1, 0.15) is 18.1 Å². The van der Waals surface area contributed by atoms with E-state index in [9.17, 15) is 9.59 Å². The Labute approximate surface area is 180 Å². The summed E-state index contributed by atoms with van der Waals surface area (Å²) in [5.41, 5.74) is 5.15. The van der Waals surface area contributed by atoms with Gasteiger partial charge in [-0.25, -0.2) is 4.79 Å². The Morgan fingerprint density at radius 1 is 1.00 bits per heavy atom. The number of Topliss-reactive ketones (excluding diaryl/α,β-unsaturated/α-hetero) is 1. The molecule has 0 saturated carbocycles. The molecule has 1 aliphatic rings. The summed E-state index contributed by atoms with van der Waals surface area (Å²) in [4.78, 5) is 24.2. The van der Waals surface area contributed by atoms with E-state index in [1.54, 1.807) is 48.5 Å². The molecule has 0 saturated heterocycles. The first kappa shape index (κ1) is 20.4. The molecule has 0 radical (unpaired) electrons. The third-order valence-corrected chi connectivity index (χ3v) is 5.17. The maximum absolute atomic E-state index is 12.7. The van der Waals surface area contributed by atoms with E-state index in [0.29, 0.717) is 29.2 Å². The van der Waals surface area contributed by atoms with Gasteiger partial charge in [-0.05, 0) is 60.9 Å². The molecule has 3 aromatic carbocycles. The smallest absolute Gasteiger partial charge is 0.337 e. The number of benzene rings is 3. The van der Waals surface area contributed by atoms with Gasteiger partial charge >= 0.3 is 5.97 Å². The molecule has 0 aliphatic carbocycles. The van der Waals surface area contributed by atoms with Crippen molar-refractivity contribution in [3.05, 3.63) is 99.8 Å². The number of ether oxygens (including phenoxy) is 3. The van der Waals surface area contributed by atoms with Gasteiger partial charge in [-0.3, -0.25) is 4.79 Å². The maximum atomic E-state index is 12.7. The predicted octanol–water partition coefficient (Wildman–Crippen LogP) is 5.29. The zero-order valence-corrected chi connectivity index (χ0v) is 17.6. The highest BCUT2D eigenvalue weighted by Gasteiger charge is 2.27. The van der Waals surface area contributed by atoms with Crippen molar-refractivity contribution in [1.82, 2.24) is 0 Å². The van der Waals surface area contributed by atoms with E-state index in [0.717, 1.165) is 11.1 Å². The Balaban J connectivity index is 1.49. The monoisotopic (exact) mass is 414 g/mol. The van der Waals surface area contributed by atoms with Crippen molar-refractivity contribution in [1.29, 1.82) is 0 Å². The van der Waals surface area contributed by atoms with Gasteiger partial charge in [-0.2, -0.15) is 0 Å². The van der Waals surface area contributed by atoms with E-state index < -0.39 is 5.97 Å². The summed E-state index contributed by atoms with van der Waals surface area (Å²) in [5.74, 6) is 0.742. The van der Waals surface area contributed by atoms with Gasteiger partial charge in [0.05, 0.1) is 18.2 Å². The third-order valence-electron chi connectivity index (χ3n) is 5.17. The van der Waals surface area contributed by atoms with E-state index in [-0.39, 0.29) is 11.5 Å². The molecule has 3 aromatic rings. The standard InChI is InChI=1S/C26H22O5/c1-16-4-5-17(2)20(12-16)15-30-21-10-11-22-23(14-21)31-24(25(22)27)13-18-6-8-19(9-7-18)26(28)29-3/h4-14H,15H2,1-3H3. The van der Waals surface area contributed by atoms with Crippen LogP contribution in [0.3, 0.4) is 0 Å². The highest BCUT2D eigenvalue weighted by atomic mass is 16.5. The van der Waals surface area contributed by atoms with Crippen molar-refractivity contribution in [2.75, 3.05) is 7.11 Å². The number of hydrogen-bond donors (Lipinski definition) is 0. The minimum Gasteiger partial charge on any atom is -0.489 e. The number of fused-ring (bicyclic) bond motifs is 1. The summed E-state index contributed by atoms with van der Waals surface area (Å²) in [5, 5.41) is 0. The van der Waals surface area contributed by atoms with Crippen LogP contribution in [0, 0.1) is 13.8 Å². The Bertz CT molecular complexity index is 1190. The summed E-state index contributed by atoms with van der Waals surface area (Å²) in [6.45, 7) is 4.54. The second-order valence-electron chi connectivity index (χ2n) is 7.43. The van der Waals surface area contributed by atoms with E-state index in [4.69, 9.17) is 14.2 Å². The first-order valence-electron chi connectivity index (χ1n) is 9.90. The molecule has 4 rings (SSSR count). The Morgan fingerprint density at radius 3 is 2.52 bits per heavy atom. The number of methoxy groups -OCH3 is 1. The van der Waals surface area contributed by atoms with Crippen LogP contribution in [0.25, 0.3) is 6.08 Å². The molecule has 0 bridgehead atoms. The van der Waals surface area contributed by atoms with Gasteiger partial charge < -0.3 is 14.2 Å². The second-order valence-corrected chi connectivity index (χ2v) is 7.43. The largest absolute Gasteiger partial charge is 0.489 e. The quantitative estimate of drug-likeness (QED) is 0.420. The molecule has 0 atom stereocenters. The lowest BCUT2D eigenvalue weighted by Gasteiger charge is -2.10. The number of ketones is 1. The van der Waals surface area contributed by atoms with Crippen molar-refractivity contribution in [2.24, 2.45) is 0 Å². The van der Waals surface area contributed by atoms with Gasteiger partial charge in [-0.15, -0.1) is 0 Å². The molecule has 0 amide bonds. The van der Waals surface area contributed by atoms with Gasteiger partial charge in [0.15, 0.2) is 5.76 Å². The summed E-state index contributed by atoms with van der Waals surface area (Å²) < 4.78 is 16.4. The van der Waals surface area contributed by atoms with Gasteiger partial charge in [0.2, 0.25) is 5.78 Å². The minimum absolute atomic E-state index is 0.187. The van der Waals surface area contributed by atoms with Crippen LogP contribution in [0.2, 0.25) is 0 Å². The van der Waals surface area contributed by atoms with Crippen molar-refractivity contribution >= 4 is 17.8 Å². The summed E-state index contributed by atoms with van der Waals surface area (Å²) in [7, 11) is 1.33. The molecule has 5 nitrogen and oxygen atoms in total. The van der Waals surface area contributed by atoms with Crippen LogP contribution in [0.5, 0.6) is 11.5 Å². The molecule has 31 heavy (non-hydrogen) atoms. The van der Waals surface area contributed by atoms with Gasteiger partial charge in [0, 0.05) is 6.07 Å². The molecule has 0 unspecified atom stereocenters. The van der Waals surface area contributed by atoms with Crippen molar-refractivity contribution < 1.29 is 23.8 Å². The number of carbonyl (C=O) groups excluding carboxylic acids is 2. The number of rotatable bonds is 5. The van der Waals surface area contributed by atoms with Crippen molar-refractivity contribution in [3.8, 4) is 11.5 Å². The number of aryl methyl sites for hydroxylation is 2. The Kier molecular flexibility index (Phi) is 5.58.